The molecule has 0 saturated carbocycles. The number of ether oxygens (including phenoxy) is 1. The van der Waals surface area contributed by atoms with Crippen LogP contribution in [-0.2, 0) is 4.79 Å². The molecule has 7 heteroatoms. The zero-order valence-corrected chi connectivity index (χ0v) is 14.9. The van der Waals surface area contributed by atoms with Crippen LogP contribution in [0.4, 0.5) is 4.39 Å². The fourth-order valence-corrected chi connectivity index (χ4v) is 2.69. The van der Waals surface area contributed by atoms with Gasteiger partial charge in [-0.05, 0) is 61.5 Å². The van der Waals surface area contributed by atoms with Gasteiger partial charge in [-0.1, -0.05) is 11.6 Å². The molecule has 27 heavy (non-hydrogen) atoms. The van der Waals surface area contributed by atoms with Crippen molar-refractivity contribution in [2.75, 3.05) is 0 Å². The van der Waals surface area contributed by atoms with Gasteiger partial charge in [-0.2, -0.15) is 10.4 Å². The molecule has 1 aromatic heterocycles. The number of aryl methyl sites for hydroxylation is 1. The summed E-state index contributed by atoms with van der Waals surface area (Å²) in [5, 5.41) is 13.4. The van der Waals surface area contributed by atoms with E-state index in [9.17, 15) is 9.18 Å². The van der Waals surface area contributed by atoms with E-state index in [1.807, 2.05) is 6.07 Å². The van der Waals surface area contributed by atoms with E-state index in [1.165, 1.54) is 41.1 Å². The molecule has 0 aliphatic carbocycles. The Morgan fingerprint density at radius 1 is 1.22 bits per heavy atom. The molecule has 0 fully saturated rings. The lowest BCUT2D eigenvalue weighted by Crippen LogP contribution is -2.03. The lowest BCUT2D eigenvalue weighted by molar-refractivity contribution is -0.128. The molecule has 0 spiro atoms. The molecule has 0 radical (unpaired) electrons. The molecule has 0 atom stereocenters. The van der Waals surface area contributed by atoms with Gasteiger partial charge in [0.2, 0.25) is 0 Å². The highest BCUT2D eigenvalue weighted by Crippen LogP contribution is 2.25. The molecule has 1 heterocycles. The maximum absolute atomic E-state index is 13.1. The maximum atomic E-state index is 13.1. The summed E-state index contributed by atoms with van der Waals surface area (Å²) in [5.41, 5.74) is 2.23. The van der Waals surface area contributed by atoms with Crippen LogP contribution < -0.4 is 4.74 Å². The Morgan fingerprint density at radius 3 is 2.52 bits per heavy atom. The highest BCUT2D eigenvalue weighted by Gasteiger charge is 2.13. The van der Waals surface area contributed by atoms with Crippen molar-refractivity contribution in [2.45, 2.75) is 6.92 Å². The van der Waals surface area contributed by atoms with E-state index in [2.05, 4.69) is 5.10 Å². The summed E-state index contributed by atoms with van der Waals surface area (Å²) in [6.45, 7) is 1.75. The molecule has 134 valence electrons. The molecule has 0 aliphatic rings. The first-order valence-corrected chi connectivity index (χ1v) is 8.27. The van der Waals surface area contributed by atoms with Crippen molar-refractivity contribution < 1.29 is 13.9 Å². The number of hydrogen-bond acceptors (Lipinski definition) is 4. The summed E-state index contributed by atoms with van der Waals surface area (Å²) in [5.74, 6) is -0.623. The van der Waals surface area contributed by atoms with Gasteiger partial charge in [0, 0.05) is 11.6 Å². The number of halogens is 2. The fraction of sp³-hybridized carbons (Fsp3) is 0.0500. The van der Waals surface area contributed by atoms with Crippen LogP contribution in [0.1, 0.15) is 16.8 Å². The Morgan fingerprint density at radius 2 is 1.89 bits per heavy atom. The Balaban J connectivity index is 1.77. The van der Waals surface area contributed by atoms with E-state index in [1.54, 1.807) is 31.2 Å². The second-order valence-electron chi connectivity index (χ2n) is 5.57. The first kappa shape index (κ1) is 18.4. The minimum atomic E-state index is -0.593. The van der Waals surface area contributed by atoms with Crippen LogP contribution in [0.3, 0.4) is 0 Å². The number of esters is 1. The Kier molecular flexibility index (Phi) is 5.34. The molecular formula is C20H13ClFN3O2. The fourth-order valence-electron chi connectivity index (χ4n) is 2.35. The number of aromatic nitrogens is 2. The lowest BCUT2D eigenvalue weighted by atomic mass is 10.2. The summed E-state index contributed by atoms with van der Waals surface area (Å²) < 4.78 is 19.7. The number of benzene rings is 2. The van der Waals surface area contributed by atoms with Crippen molar-refractivity contribution in [3.8, 4) is 17.5 Å². The SMILES string of the molecule is Cc1nn(-c2ccc(F)cc2)c(Cl)c1/C=C/C(=O)Oc1ccc(C#N)cc1. The first-order valence-electron chi connectivity index (χ1n) is 7.89. The van der Waals surface area contributed by atoms with Gasteiger partial charge in [-0.15, -0.1) is 0 Å². The summed E-state index contributed by atoms with van der Waals surface area (Å²) in [6.07, 6.45) is 2.75. The van der Waals surface area contributed by atoms with E-state index in [0.29, 0.717) is 33.4 Å². The molecular weight excluding hydrogens is 369 g/mol. The number of hydrogen-bond donors (Lipinski definition) is 0. The molecule has 5 nitrogen and oxygen atoms in total. The van der Waals surface area contributed by atoms with Gasteiger partial charge in [0.25, 0.3) is 0 Å². The minimum absolute atomic E-state index is 0.293. The first-order chi connectivity index (χ1) is 13.0. The van der Waals surface area contributed by atoms with Gasteiger partial charge in [0.05, 0.1) is 23.0 Å². The zero-order valence-electron chi connectivity index (χ0n) is 14.2. The van der Waals surface area contributed by atoms with Crippen molar-refractivity contribution in [1.82, 2.24) is 9.78 Å². The summed E-state index contributed by atoms with van der Waals surface area (Å²) in [4.78, 5) is 12.0. The van der Waals surface area contributed by atoms with Gasteiger partial charge in [-0.25, -0.2) is 13.9 Å². The average molecular weight is 382 g/mol. The predicted octanol–water partition coefficient (Wildman–Crippen LogP) is 4.46. The van der Waals surface area contributed by atoms with Gasteiger partial charge in [0.15, 0.2) is 0 Å². The molecule has 0 N–H and O–H groups in total. The molecule has 0 bridgehead atoms. The molecule has 3 rings (SSSR count). The minimum Gasteiger partial charge on any atom is -0.423 e. The number of nitrogens with zero attached hydrogens (tertiary/aromatic N) is 3. The normalized spacial score (nSPS) is 10.7. The molecule has 0 unspecified atom stereocenters. The third-order valence-electron chi connectivity index (χ3n) is 3.71. The van der Waals surface area contributed by atoms with E-state index in [0.717, 1.165) is 0 Å². The van der Waals surface area contributed by atoms with Crippen molar-refractivity contribution in [1.29, 1.82) is 5.26 Å². The van der Waals surface area contributed by atoms with E-state index in [-0.39, 0.29) is 5.82 Å². The standard InChI is InChI=1S/C20H13ClFN3O2/c1-13-18(20(21)25(24-13)16-6-4-15(22)5-7-16)10-11-19(26)27-17-8-2-14(12-23)3-9-17/h2-11H,1H3/b11-10+. The smallest absolute Gasteiger partial charge is 0.336 e. The summed E-state index contributed by atoms with van der Waals surface area (Å²) in [7, 11) is 0. The van der Waals surface area contributed by atoms with Gasteiger partial charge < -0.3 is 4.74 Å². The van der Waals surface area contributed by atoms with Crippen LogP contribution >= 0.6 is 11.6 Å². The number of carbonyl (C=O) groups is 1. The molecule has 0 saturated heterocycles. The molecule has 0 amide bonds. The number of nitriles is 1. The Labute approximate surface area is 159 Å². The van der Waals surface area contributed by atoms with Crippen molar-refractivity contribution in [3.05, 3.63) is 82.4 Å². The van der Waals surface area contributed by atoms with Crippen molar-refractivity contribution >= 4 is 23.6 Å². The third kappa shape index (κ3) is 4.22. The van der Waals surface area contributed by atoms with Gasteiger partial charge in [0.1, 0.15) is 16.7 Å². The number of carbonyl (C=O) groups excluding carboxylic acids is 1. The van der Waals surface area contributed by atoms with Crippen LogP contribution in [-0.4, -0.2) is 15.7 Å². The lowest BCUT2D eigenvalue weighted by Gasteiger charge is -2.02. The van der Waals surface area contributed by atoms with Crippen LogP contribution in [0.2, 0.25) is 5.15 Å². The average Bonchev–Trinajstić information content (AvgIpc) is 2.95. The topological polar surface area (TPSA) is 67.9 Å². The summed E-state index contributed by atoms with van der Waals surface area (Å²) >= 11 is 6.35. The largest absolute Gasteiger partial charge is 0.423 e. The molecule has 2 aromatic carbocycles. The number of rotatable bonds is 4. The molecule has 0 aliphatic heterocycles. The van der Waals surface area contributed by atoms with E-state index >= 15 is 0 Å². The summed E-state index contributed by atoms with van der Waals surface area (Å²) in [6, 6.07) is 13.9. The predicted molar refractivity (Wildman–Crippen MR) is 99.1 cm³/mol. The maximum Gasteiger partial charge on any atom is 0.336 e. The van der Waals surface area contributed by atoms with Crippen LogP contribution in [0.15, 0.2) is 54.6 Å². The zero-order chi connectivity index (χ0) is 19.4. The highest BCUT2D eigenvalue weighted by atomic mass is 35.5. The second-order valence-corrected chi connectivity index (χ2v) is 5.93. The monoisotopic (exact) mass is 381 g/mol. The Bertz CT molecular complexity index is 1050. The quantitative estimate of drug-likeness (QED) is 0.380. The van der Waals surface area contributed by atoms with Crippen LogP contribution in [0.25, 0.3) is 11.8 Å². The van der Waals surface area contributed by atoms with Gasteiger partial charge >= 0.3 is 5.97 Å². The van der Waals surface area contributed by atoms with Crippen LogP contribution in [0, 0.1) is 24.1 Å². The van der Waals surface area contributed by atoms with Crippen LogP contribution in [0.5, 0.6) is 5.75 Å². The second kappa shape index (κ2) is 7.85. The van der Waals surface area contributed by atoms with E-state index < -0.39 is 5.97 Å². The highest BCUT2D eigenvalue weighted by molar-refractivity contribution is 6.31. The van der Waals surface area contributed by atoms with Crippen molar-refractivity contribution in [2.24, 2.45) is 0 Å². The van der Waals surface area contributed by atoms with E-state index in [4.69, 9.17) is 21.6 Å². The van der Waals surface area contributed by atoms with Gasteiger partial charge in [-0.3, -0.25) is 0 Å². The Hall–Kier alpha value is -3.43. The molecule has 3 aromatic rings. The van der Waals surface area contributed by atoms with Crippen molar-refractivity contribution in [3.63, 3.8) is 0 Å². The third-order valence-corrected chi connectivity index (χ3v) is 4.07.